The number of amides is 1. The first-order chi connectivity index (χ1) is 12.0. The van der Waals surface area contributed by atoms with Gasteiger partial charge in [-0.3, -0.25) is 4.79 Å². The third kappa shape index (κ3) is 5.84. The molecule has 0 unspecified atom stereocenters. The summed E-state index contributed by atoms with van der Waals surface area (Å²) in [7, 11) is 1.50. The van der Waals surface area contributed by atoms with Crippen LogP contribution in [0.25, 0.3) is 6.08 Å². The molecule has 0 saturated heterocycles. The normalized spacial score (nSPS) is 10.7. The summed E-state index contributed by atoms with van der Waals surface area (Å²) >= 11 is 0. The molecule has 0 aromatic heterocycles. The lowest BCUT2D eigenvalue weighted by molar-refractivity contribution is -0.147. The van der Waals surface area contributed by atoms with Crippen LogP contribution in [-0.2, 0) is 20.9 Å². The molecule has 0 aliphatic heterocycles. The molecule has 2 aromatic rings. The fourth-order valence-electron chi connectivity index (χ4n) is 2.00. The van der Waals surface area contributed by atoms with Crippen molar-refractivity contribution in [3.63, 3.8) is 0 Å². The van der Waals surface area contributed by atoms with Crippen LogP contribution in [0.2, 0.25) is 0 Å². The minimum Gasteiger partial charge on any atom is -0.452 e. The maximum Gasteiger partial charge on any atom is 0.331 e. The minimum atomic E-state index is -0.697. The first-order valence-corrected chi connectivity index (χ1v) is 7.53. The van der Waals surface area contributed by atoms with Crippen molar-refractivity contribution in [2.24, 2.45) is 0 Å². The maximum atomic E-state index is 13.6. The fraction of sp³-hybridized carbons (Fsp3) is 0.158. The summed E-state index contributed by atoms with van der Waals surface area (Å²) in [6, 6.07) is 11.7. The van der Waals surface area contributed by atoms with E-state index in [1.54, 1.807) is 18.2 Å². The van der Waals surface area contributed by atoms with E-state index in [9.17, 15) is 18.4 Å². The van der Waals surface area contributed by atoms with E-state index in [1.165, 1.54) is 48.4 Å². The Kier molecular flexibility index (Phi) is 6.39. The van der Waals surface area contributed by atoms with E-state index in [-0.39, 0.29) is 12.4 Å². The van der Waals surface area contributed by atoms with Crippen molar-refractivity contribution in [2.75, 3.05) is 13.7 Å². The third-order valence-electron chi connectivity index (χ3n) is 3.41. The fourth-order valence-corrected chi connectivity index (χ4v) is 2.00. The molecule has 0 spiro atoms. The van der Waals surface area contributed by atoms with Gasteiger partial charge in [0.25, 0.3) is 5.91 Å². The number of nitrogens with zero attached hydrogens (tertiary/aromatic N) is 1. The Morgan fingerprint density at radius 3 is 2.44 bits per heavy atom. The van der Waals surface area contributed by atoms with Gasteiger partial charge in [0.1, 0.15) is 11.6 Å². The van der Waals surface area contributed by atoms with Crippen LogP contribution in [0, 0.1) is 11.6 Å². The first-order valence-electron chi connectivity index (χ1n) is 7.53. The Balaban J connectivity index is 1.81. The van der Waals surface area contributed by atoms with E-state index in [2.05, 4.69) is 0 Å². The van der Waals surface area contributed by atoms with Crippen LogP contribution in [0.5, 0.6) is 0 Å². The van der Waals surface area contributed by atoms with Gasteiger partial charge in [-0.15, -0.1) is 0 Å². The highest BCUT2D eigenvalue weighted by atomic mass is 19.1. The summed E-state index contributed by atoms with van der Waals surface area (Å²) in [6.07, 6.45) is 2.60. The zero-order valence-corrected chi connectivity index (χ0v) is 13.6. The molecule has 0 fully saturated rings. The molecule has 6 heteroatoms. The number of rotatable bonds is 6. The number of carbonyl (C=O) groups excluding carboxylic acids is 2. The van der Waals surface area contributed by atoms with E-state index in [0.29, 0.717) is 11.1 Å². The second kappa shape index (κ2) is 8.73. The Labute approximate surface area is 144 Å². The number of likely N-dealkylation sites (N-methyl/N-ethyl adjacent to an activating group) is 1. The molecule has 2 rings (SSSR count). The highest BCUT2D eigenvalue weighted by molar-refractivity contribution is 5.89. The van der Waals surface area contributed by atoms with Crippen molar-refractivity contribution >= 4 is 18.0 Å². The van der Waals surface area contributed by atoms with Crippen LogP contribution in [0.3, 0.4) is 0 Å². The summed E-state index contributed by atoms with van der Waals surface area (Å²) in [4.78, 5) is 24.8. The molecular weight excluding hydrogens is 328 g/mol. The van der Waals surface area contributed by atoms with Crippen molar-refractivity contribution in [3.8, 4) is 0 Å². The van der Waals surface area contributed by atoms with Gasteiger partial charge in [0.15, 0.2) is 6.61 Å². The Bertz CT molecular complexity index is 772. The van der Waals surface area contributed by atoms with Gasteiger partial charge in [-0.2, -0.15) is 0 Å². The molecule has 0 bridgehead atoms. The van der Waals surface area contributed by atoms with Gasteiger partial charge in [0.05, 0.1) is 0 Å². The minimum absolute atomic E-state index is 0.0779. The topological polar surface area (TPSA) is 46.6 Å². The molecule has 25 heavy (non-hydrogen) atoms. The van der Waals surface area contributed by atoms with Crippen molar-refractivity contribution in [1.29, 1.82) is 0 Å². The van der Waals surface area contributed by atoms with Gasteiger partial charge in [-0.05, 0) is 29.8 Å². The molecule has 1 amide bonds. The maximum absolute atomic E-state index is 13.6. The molecule has 0 N–H and O–H groups in total. The zero-order chi connectivity index (χ0) is 18.2. The van der Waals surface area contributed by atoms with Crippen LogP contribution in [-0.4, -0.2) is 30.4 Å². The summed E-state index contributed by atoms with van der Waals surface area (Å²) in [5.41, 5.74) is 1.00. The van der Waals surface area contributed by atoms with Crippen molar-refractivity contribution in [1.82, 2.24) is 4.90 Å². The second-order valence-electron chi connectivity index (χ2n) is 5.33. The Hall–Kier alpha value is -3.02. The Morgan fingerprint density at radius 1 is 1.08 bits per heavy atom. The van der Waals surface area contributed by atoms with Gasteiger partial charge in [-0.1, -0.05) is 30.3 Å². The predicted octanol–water partition coefficient (Wildman–Crippen LogP) is 3.18. The van der Waals surface area contributed by atoms with E-state index in [0.717, 1.165) is 6.08 Å². The van der Waals surface area contributed by atoms with Crippen LogP contribution in [0.4, 0.5) is 8.78 Å². The predicted molar refractivity (Wildman–Crippen MR) is 89.3 cm³/mol. The highest BCUT2D eigenvalue weighted by Crippen LogP contribution is 2.09. The molecule has 0 radical (unpaired) electrons. The molecule has 0 heterocycles. The number of carbonyl (C=O) groups is 2. The van der Waals surface area contributed by atoms with Crippen molar-refractivity contribution in [3.05, 3.63) is 77.4 Å². The molecule has 130 valence electrons. The summed E-state index contributed by atoms with van der Waals surface area (Å²) in [5.74, 6) is -1.92. The molecule has 0 saturated carbocycles. The monoisotopic (exact) mass is 345 g/mol. The SMILES string of the molecule is CN(Cc1ccccc1F)C(=O)COC(=O)/C=C/c1ccc(F)cc1. The number of hydrogen-bond acceptors (Lipinski definition) is 3. The lowest BCUT2D eigenvalue weighted by Crippen LogP contribution is -2.30. The van der Waals surface area contributed by atoms with Gasteiger partial charge in [0, 0.05) is 25.2 Å². The number of benzene rings is 2. The quantitative estimate of drug-likeness (QED) is 0.597. The highest BCUT2D eigenvalue weighted by Gasteiger charge is 2.13. The lowest BCUT2D eigenvalue weighted by Gasteiger charge is -2.17. The van der Waals surface area contributed by atoms with Crippen LogP contribution in [0.15, 0.2) is 54.6 Å². The van der Waals surface area contributed by atoms with Gasteiger partial charge >= 0.3 is 5.97 Å². The molecule has 0 atom stereocenters. The number of halogens is 2. The molecule has 0 aliphatic carbocycles. The average Bonchev–Trinajstić information content (AvgIpc) is 2.61. The average molecular weight is 345 g/mol. The first kappa shape index (κ1) is 18.3. The van der Waals surface area contributed by atoms with Crippen LogP contribution >= 0.6 is 0 Å². The van der Waals surface area contributed by atoms with Crippen molar-refractivity contribution < 1.29 is 23.1 Å². The van der Waals surface area contributed by atoms with Crippen LogP contribution < -0.4 is 0 Å². The van der Waals surface area contributed by atoms with E-state index < -0.39 is 24.3 Å². The molecular formula is C19H17F2NO3. The summed E-state index contributed by atoms with van der Waals surface area (Å²) < 4.78 is 31.2. The van der Waals surface area contributed by atoms with Crippen molar-refractivity contribution in [2.45, 2.75) is 6.54 Å². The number of ether oxygens (including phenoxy) is 1. The third-order valence-corrected chi connectivity index (χ3v) is 3.41. The molecule has 2 aromatic carbocycles. The lowest BCUT2D eigenvalue weighted by atomic mass is 10.2. The summed E-state index contributed by atoms with van der Waals surface area (Å²) in [6.45, 7) is -0.369. The number of esters is 1. The smallest absolute Gasteiger partial charge is 0.331 e. The van der Waals surface area contributed by atoms with E-state index in [1.807, 2.05) is 0 Å². The number of hydrogen-bond donors (Lipinski definition) is 0. The van der Waals surface area contributed by atoms with Gasteiger partial charge in [-0.25, -0.2) is 13.6 Å². The second-order valence-corrected chi connectivity index (χ2v) is 5.33. The van der Waals surface area contributed by atoms with E-state index in [4.69, 9.17) is 4.74 Å². The Morgan fingerprint density at radius 2 is 1.76 bits per heavy atom. The standard InChI is InChI=1S/C19H17F2NO3/c1-22(12-15-4-2-3-5-17(15)21)18(23)13-25-19(24)11-8-14-6-9-16(20)10-7-14/h2-11H,12-13H2,1H3/b11-8+. The largest absolute Gasteiger partial charge is 0.452 e. The summed E-state index contributed by atoms with van der Waals surface area (Å²) in [5, 5.41) is 0. The van der Waals surface area contributed by atoms with Gasteiger partial charge < -0.3 is 9.64 Å². The van der Waals surface area contributed by atoms with Crippen LogP contribution in [0.1, 0.15) is 11.1 Å². The van der Waals surface area contributed by atoms with E-state index >= 15 is 0 Å². The molecule has 4 nitrogen and oxygen atoms in total. The molecule has 0 aliphatic rings. The zero-order valence-electron chi connectivity index (χ0n) is 13.6. The van der Waals surface area contributed by atoms with Gasteiger partial charge in [0.2, 0.25) is 0 Å².